The Balaban J connectivity index is 1.53. The molecule has 3 rings (SSSR count). The SMILES string of the molecule is C=C[C@@H]1[C@@H](OCc2ccccc2)CCN1C(=O)OCc1ccccc1. The molecule has 1 saturated heterocycles. The molecule has 0 spiro atoms. The minimum atomic E-state index is -0.320. The normalized spacial score (nSPS) is 19.6. The molecule has 4 heteroatoms. The van der Waals surface area contributed by atoms with E-state index in [2.05, 4.69) is 6.58 Å². The number of benzene rings is 2. The van der Waals surface area contributed by atoms with Gasteiger partial charge in [-0.3, -0.25) is 4.90 Å². The summed E-state index contributed by atoms with van der Waals surface area (Å²) < 4.78 is 11.5. The van der Waals surface area contributed by atoms with Crippen LogP contribution in [-0.4, -0.2) is 29.7 Å². The lowest BCUT2D eigenvalue weighted by atomic mass is 10.1. The van der Waals surface area contributed by atoms with Crippen LogP contribution in [0.2, 0.25) is 0 Å². The summed E-state index contributed by atoms with van der Waals surface area (Å²) in [6, 6.07) is 19.5. The van der Waals surface area contributed by atoms with E-state index < -0.39 is 0 Å². The zero-order valence-electron chi connectivity index (χ0n) is 14.2. The summed E-state index contributed by atoms with van der Waals surface area (Å²) in [4.78, 5) is 14.1. The number of hydrogen-bond donors (Lipinski definition) is 0. The van der Waals surface area contributed by atoms with Gasteiger partial charge in [0.15, 0.2) is 0 Å². The van der Waals surface area contributed by atoms with Gasteiger partial charge in [-0.1, -0.05) is 66.7 Å². The average Bonchev–Trinajstić information content (AvgIpc) is 3.09. The maximum Gasteiger partial charge on any atom is 0.410 e. The van der Waals surface area contributed by atoms with Crippen LogP contribution in [0.15, 0.2) is 73.3 Å². The highest BCUT2D eigenvalue weighted by Crippen LogP contribution is 2.24. The highest BCUT2D eigenvalue weighted by atomic mass is 16.6. The molecule has 0 aliphatic carbocycles. The number of hydrogen-bond acceptors (Lipinski definition) is 3. The first-order valence-electron chi connectivity index (χ1n) is 8.53. The first kappa shape index (κ1) is 17.2. The lowest BCUT2D eigenvalue weighted by Crippen LogP contribution is -2.39. The van der Waals surface area contributed by atoms with Crippen LogP contribution in [0.3, 0.4) is 0 Å². The third-order valence-electron chi connectivity index (χ3n) is 4.38. The van der Waals surface area contributed by atoms with E-state index in [1.165, 1.54) is 0 Å². The van der Waals surface area contributed by atoms with Crippen LogP contribution in [0.4, 0.5) is 4.79 Å². The fraction of sp³-hybridized carbons (Fsp3) is 0.286. The van der Waals surface area contributed by atoms with Gasteiger partial charge in [0.1, 0.15) is 6.61 Å². The summed E-state index contributed by atoms with van der Waals surface area (Å²) in [6.45, 7) is 5.29. The fourth-order valence-electron chi connectivity index (χ4n) is 3.04. The lowest BCUT2D eigenvalue weighted by molar-refractivity contribution is 0.0251. The molecule has 1 aliphatic heterocycles. The van der Waals surface area contributed by atoms with Crippen LogP contribution >= 0.6 is 0 Å². The summed E-state index contributed by atoms with van der Waals surface area (Å²) in [5, 5.41) is 0. The Bertz CT molecular complexity index is 687. The fourth-order valence-corrected chi connectivity index (χ4v) is 3.04. The second-order valence-electron chi connectivity index (χ2n) is 6.08. The van der Waals surface area contributed by atoms with Crippen LogP contribution in [0.1, 0.15) is 17.5 Å². The molecule has 0 unspecified atom stereocenters. The maximum atomic E-state index is 12.4. The van der Waals surface area contributed by atoms with Crippen LogP contribution in [0.5, 0.6) is 0 Å². The van der Waals surface area contributed by atoms with E-state index in [0.717, 1.165) is 17.5 Å². The van der Waals surface area contributed by atoms with Gasteiger partial charge >= 0.3 is 6.09 Å². The van der Waals surface area contributed by atoms with E-state index in [9.17, 15) is 4.79 Å². The lowest BCUT2D eigenvalue weighted by Gasteiger charge is -2.25. The average molecular weight is 337 g/mol. The van der Waals surface area contributed by atoms with Crippen molar-refractivity contribution in [3.63, 3.8) is 0 Å². The van der Waals surface area contributed by atoms with Crippen LogP contribution in [-0.2, 0) is 22.7 Å². The van der Waals surface area contributed by atoms with Gasteiger partial charge in [-0.05, 0) is 17.5 Å². The predicted molar refractivity (Wildman–Crippen MR) is 97.0 cm³/mol. The van der Waals surface area contributed by atoms with Gasteiger partial charge in [-0.25, -0.2) is 4.79 Å². The Hall–Kier alpha value is -2.59. The molecule has 25 heavy (non-hydrogen) atoms. The molecule has 1 fully saturated rings. The van der Waals surface area contributed by atoms with Crippen molar-refractivity contribution in [2.24, 2.45) is 0 Å². The molecule has 0 bridgehead atoms. The molecule has 130 valence electrons. The molecule has 1 heterocycles. The molecule has 0 saturated carbocycles. The number of rotatable bonds is 6. The summed E-state index contributed by atoms with van der Waals surface area (Å²) in [6.07, 6.45) is 2.18. The number of carbonyl (C=O) groups is 1. The summed E-state index contributed by atoms with van der Waals surface area (Å²) >= 11 is 0. The minimum absolute atomic E-state index is 0.0537. The highest BCUT2D eigenvalue weighted by Gasteiger charge is 2.36. The van der Waals surface area contributed by atoms with Crippen LogP contribution in [0, 0.1) is 0 Å². The second kappa shape index (κ2) is 8.49. The van der Waals surface area contributed by atoms with Crippen LogP contribution < -0.4 is 0 Å². The van der Waals surface area contributed by atoms with Gasteiger partial charge in [0.25, 0.3) is 0 Å². The van der Waals surface area contributed by atoms with Crippen molar-refractivity contribution in [3.05, 3.63) is 84.4 Å². The highest BCUT2D eigenvalue weighted by molar-refractivity contribution is 5.69. The molecular formula is C21H23NO3. The number of ether oxygens (including phenoxy) is 2. The molecule has 0 radical (unpaired) electrons. The van der Waals surface area contributed by atoms with Gasteiger partial charge in [0.2, 0.25) is 0 Å². The second-order valence-corrected chi connectivity index (χ2v) is 6.08. The summed E-state index contributed by atoms with van der Waals surface area (Å²) in [7, 11) is 0. The predicted octanol–water partition coefficient (Wildman–Crippen LogP) is 4.17. The molecule has 2 aromatic carbocycles. The van der Waals surface area contributed by atoms with Crippen molar-refractivity contribution < 1.29 is 14.3 Å². The van der Waals surface area contributed by atoms with Gasteiger partial charge < -0.3 is 9.47 Å². The van der Waals surface area contributed by atoms with Gasteiger partial charge in [0, 0.05) is 6.54 Å². The number of nitrogens with zero attached hydrogens (tertiary/aromatic N) is 1. The van der Waals surface area contributed by atoms with E-state index in [4.69, 9.17) is 9.47 Å². The smallest absolute Gasteiger partial charge is 0.410 e. The van der Waals surface area contributed by atoms with E-state index >= 15 is 0 Å². The van der Waals surface area contributed by atoms with Crippen molar-refractivity contribution in [2.75, 3.05) is 6.54 Å². The Morgan fingerprint density at radius 1 is 1.04 bits per heavy atom. The first-order valence-corrected chi connectivity index (χ1v) is 8.53. The first-order chi connectivity index (χ1) is 12.3. The Kier molecular flexibility index (Phi) is 5.86. The molecule has 1 aliphatic rings. The number of likely N-dealkylation sites (tertiary alicyclic amines) is 1. The van der Waals surface area contributed by atoms with Crippen molar-refractivity contribution in [3.8, 4) is 0 Å². The number of carbonyl (C=O) groups excluding carboxylic acids is 1. The van der Waals surface area contributed by atoms with E-state index in [0.29, 0.717) is 13.2 Å². The Morgan fingerprint density at radius 2 is 1.64 bits per heavy atom. The largest absolute Gasteiger partial charge is 0.445 e. The molecule has 2 aromatic rings. The minimum Gasteiger partial charge on any atom is -0.445 e. The van der Waals surface area contributed by atoms with E-state index in [1.807, 2.05) is 60.7 Å². The van der Waals surface area contributed by atoms with Crippen molar-refractivity contribution >= 4 is 6.09 Å². The van der Waals surface area contributed by atoms with E-state index in [-0.39, 0.29) is 24.8 Å². The standard InChI is InChI=1S/C21H23NO3/c1-2-19-20(24-15-17-9-5-3-6-10-17)13-14-22(19)21(23)25-16-18-11-7-4-8-12-18/h2-12,19-20H,1,13-16H2/t19-,20+/m1/s1. The molecular weight excluding hydrogens is 314 g/mol. The Labute approximate surface area is 148 Å². The van der Waals surface area contributed by atoms with Crippen molar-refractivity contribution in [1.82, 2.24) is 4.90 Å². The Morgan fingerprint density at radius 3 is 2.24 bits per heavy atom. The molecule has 2 atom stereocenters. The van der Waals surface area contributed by atoms with Gasteiger partial charge in [-0.15, -0.1) is 6.58 Å². The molecule has 0 N–H and O–H groups in total. The van der Waals surface area contributed by atoms with Crippen LogP contribution in [0.25, 0.3) is 0 Å². The zero-order valence-corrected chi connectivity index (χ0v) is 14.2. The van der Waals surface area contributed by atoms with Crippen molar-refractivity contribution in [2.45, 2.75) is 31.8 Å². The van der Waals surface area contributed by atoms with Crippen molar-refractivity contribution in [1.29, 1.82) is 0 Å². The molecule has 1 amide bonds. The third kappa shape index (κ3) is 4.48. The third-order valence-corrected chi connectivity index (χ3v) is 4.38. The van der Waals surface area contributed by atoms with Gasteiger partial charge in [-0.2, -0.15) is 0 Å². The maximum absolute atomic E-state index is 12.4. The summed E-state index contributed by atoms with van der Waals surface area (Å²) in [5.41, 5.74) is 2.09. The zero-order chi connectivity index (χ0) is 17.5. The summed E-state index contributed by atoms with van der Waals surface area (Å²) in [5.74, 6) is 0. The quantitative estimate of drug-likeness (QED) is 0.743. The topological polar surface area (TPSA) is 38.8 Å². The molecule has 0 aromatic heterocycles. The van der Waals surface area contributed by atoms with E-state index in [1.54, 1.807) is 11.0 Å². The number of amides is 1. The monoisotopic (exact) mass is 337 g/mol. The molecule has 4 nitrogen and oxygen atoms in total. The van der Waals surface area contributed by atoms with Gasteiger partial charge in [0.05, 0.1) is 18.8 Å².